The second kappa shape index (κ2) is 7.51. The fourth-order valence-corrected chi connectivity index (χ4v) is 3.79. The van der Waals surface area contributed by atoms with Crippen LogP contribution in [0.25, 0.3) is 0 Å². The third-order valence-corrected chi connectivity index (χ3v) is 5.26. The Hall–Kier alpha value is -1.96. The lowest BCUT2D eigenvalue weighted by Gasteiger charge is -2.35. The van der Waals surface area contributed by atoms with Crippen LogP contribution in [0, 0.1) is 13.8 Å². The highest BCUT2D eigenvalue weighted by Gasteiger charge is 2.30. The van der Waals surface area contributed by atoms with Gasteiger partial charge in [0.25, 0.3) is 0 Å². The maximum absolute atomic E-state index is 12.6. The van der Waals surface area contributed by atoms with Crippen molar-refractivity contribution in [2.24, 2.45) is 0 Å². The minimum atomic E-state index is 0.0881. The number of carbonyl (C=O) groups is 2. The van der Waals surface area contributed by atoms with E-state index in [1.54, 1.807) is 11.8 Å². The van der Waals surface area contributed by atoms with E-state index in [1.165, 1.54) is 0 Å². The van der Waals surface area contributed by atoms with Gasteiger partial charge < -0.3 is 9.80 Å². The molecule has 0 bridgehead atoms. The van der Waals surface area contributed by atoms with Crippen LogP contribution in [-0.4, -0.2) is 86.6 Å². The van der Waals surface area contributed by atoms with Gasteiger partial charge in [0.1, 0.15) is 11.6 Å². The van der Waals surface area contributed by atoms with E-state index in [0.717, 1.165) is 37.6 Å². The summed E-state index contributed by atoms with van der Waals surface area (Å²) in [6.07, 6.45) is 2.20. The van der Waals surface area contributed by atoms with Crippen molar-refractivity contribution in [3.8, 4) is 0 Å². The summed E-state index contributed by atoms with van der Waals surface area (Å²) in [5.74, 6) is 1.98. The van der Waals surface area contributed by atoms with E-state index in [1.807, 2.05) is 23.4 Å². The maximum atomic E-state index is 12.6. The lowest BCUT2D eigenvalue weighted by atomic mass is 10.2. The minimum absolute atomic E-state index is 0.0881. The van der Waals surface area contributed by atoms with Gasteiger partial charge in [0.15, 0.2) is 0 Å². The molecule has 2 aliphatic heterocycles. The third-order valence-electron chi connectivity index (χ3n) is 5.26. The molecule has 25 heavy (non-hydrogen) atoms. The Labute approximate surface area is 148 Å². The zero-order valence-corrected chi connectivity index (χ0v) is 15.4. The fraction of sp³-hybridized carbons (Fsp3) is 0.765. The average molecular weight is 348 g/mol. The molecule has 3 heterocycles. The van der Waals surface area contributed by atoms with Crippen molar-refractivity contribution >= 4 is 11.8 Å². The van der Waals surface area contributed by atoms with Crippen molar-refractivity contribution < 1.29 is 9.59 Å². The van der Waals surface area contributed by atoms with Gasteiger partial charge in [0, 0.05) is 39.1 Å². The van der Waals surface area contributed by atoms with E-state index in [9.17, 15) is 9.59 Å². The Morgan fingerprint density at radius 3 is 2.36 bits per heavy atom. The molecule has 1 aromatic heterocycles. The van der Waals surface area contributed by atoms with Gasteiger partial charge >= 0.3 is 0 Å². The van der Waals surface area contributed by atoms with Gasteiger partial charge in [-0.2, -0.15) is 5.10 Å². The second-order valence-corrected chi connectivity index (χ2v) is 7.04. The Kier molecular flexibility index (Phi) is 5.36. The smallest absolute Gasteiger partial charge is 0.236 e. The number of amides is 2. The molecule has 1 aromatic rings. The topological polar surface area (TPSA) is 74.6 Å². The standard InChI is InChI=1S/C17H28N6O2/c1-13-18-14(2)23(19-13)11-16-5-4-6-22(16)12-17(25)21-9-7-20(8-10-21)15(3)24/h16H,4-12H2,1-3H3/t16-/m0/s1. The van der Waals surface area contributed by atoms with Gasteiger partial charge in [-0.3, -0.25) is 14.5 Å². The van der Waals surface area contributed by atoms with Crippen LogP contribution in [0.4, 0.5) is 0 Å². The first kappa shape index (κ1) is 17.8. The minimum Gasteiger partial charge on any atom is -0.339 e. The van der Waals surface area contributed by atoms with Crippen molar-refractivity contribution in [3.05, 3.63) is 11.6 Å². The number of hydrogen-bond acceptors (Lipinski definition) is 5. The Balaban J connectivity index is 1.54. The molecule has 0 radical (unpaired) electrons. The molecule has 0 unspecified atom stereocenters. The van der Waals surface area contributed by atoms with Crippen molar-refractivity contribution in [1.82, 2.24) is 29.5 Å². The largest absolute Gasteiger partial charge is 0.339 e. The van der Waals surface area contributed by atoms with Crippen LogP contribution in [0.5, 0.6) is 0 Å². The van der Waals surface area contributed by atoms with Crippen LogP contribution < -0.4 is 0 Å². The van der Waals surface area contributed by atoms with Gasteiger partial charge in [0.2, 0.25) is 11.8 Å². The van der Waals surface area contributed by atoms with Crippen molar-refractivity contribution in [2.45, 2.75) is 46.2 Å². The Bertz CT molecular complexity index is 635. The van der Waals surface area contributed by atoms with Crippen LogP contribution in [0.2, 0.25) is 0 Å². The summed E-state index contributed by atoms with van der Waals surface area (Å²) in [4.78, 5) is 34.4. The Morgan fingerprint density at radius 2 is 1.76 bits per heavy atom. The molecule has 2 aliphatic rings. The van der Waals surface area contributed by atoms with Crippen LogP contribution >= 0.6 is 0 Å². The van der Waals surface area contributed by atoms with Crippen LogP contribution in [-0.2, 0) is 16.1 Å². The zero-order valence-electron chi connectivity index (χ0n) is 15.4. The number of hydrogen-bond donors (Lipinski definition) is 0. The summed E-state index contributed by atoms with van der Waals surface area (Å²) in [5.41, 5.74) is 0. The van der Waals surface area contributed by atoms with Crippen molar-refractivity contribution in [1.29, 1.82) is 0 Å². The first-order chi connectivity index (χ1) is 11.9. The van der Waals surface area contributed by atoms with E-state index < -0.39 is 0 Å². The third kappa shape index (κ3) is 4.18. The molecule has 2 fully saturated rings. The fourth-order valence-electron chi connectivity index (χ4n) is 3.79. The molecule has 8 nitrogen and oxygen atoms in total. The summed E-state index contributed by atoms with van der Waals surface area (Å²) in [7, 11) is 0. The molecule has 2 saturated heterocycles. The van der Waals surface area contributed by atoms with Crippen LogP contribution in [0.15, 0.2) is 0 Å². The lowest BCUT2D eigenvalue weighted by molar-refractivity contribution is -0.139. The molecule has 0 aliphatic carbocycles. The summed E-state index contributed by atoms with van der Waals surface area (Å²) in [5, 5.41) is 4.45. The van der Waals surface area contributed by atoms with E-state index in [2.05, 4.69) is 15.0 Å². The van der Waals surface area contributed by atoms with Gasteiger partial charge in [-0.15, -0.1) is 0 Å². The summed E-state index contributed by atoms with van der Waals surface area (Å²) >= 11 is 0. The first-order valence-electron chi connectivity index (χ1n) is 9.09. The molecule has 0 N–H and O–H groups in total. The number of piperazine rings is 1. The number of aromatic nitrogens is 3. The normalized spacial score (nSPS) is 21.8. The SMILES string of the molecule is CC(=O)N1CCN(C(=O)CN2CCC[C@H]2Cn2nc(C)nc2C)CC1. The average Bonchev–Trinajstić information content (AvgIpc) is 3.14. The van der Waals surface area contributed by atoms with E-state index in [-0.39, 0.29) is 11.8 Å². The highest BCUT2D eigenvalue weighted by atomic mass is 16.2. The number of nitrogens with zero attached hydrogens (tertiary/aromatic N) is 6. The molecule has 0 spiro atoms. The molecule has 3 rings (SSSR count). The van der Waals surface area contributed by atoms with Gasteiger partial charge in [-0.1, -0.05) is 0 Å². The monoisotopic (exact) mass is 348 g/mol. The number of likely N-dealkylation sites (tertiary alicyclic amines) is 1. The Morgan fingerprint density at radius 1 is 1.08 bits per heavy atom. The van der Waals surface area contributed by atoms with E-state index in [4.69, 9.17) is 0 Å². The zero-order chi connectivity index (χ0) is 18.0. The predicted octanol–water partition coefficient (Wildman–Crippen LogP) is 0.0500. The first-order valence-corrected chi connectivity index (χ1v) is 9.09. The molecule has 8 heteroatoms. The molecular formula is C17H28N6O2. The van der Waals surface area contributed by atoms with Gasteiger partial charge in [-0.05, 0) is 33.2 Å². The number of aryl methyl sites for hydroxylation is 2. The summed E-state index contributed by atoms with van der Waals surface area (Å²) < 4.78 is 1.95. The molecule has 2 amide bonds. The molecule has 0 aromatic carbocycles. The van der Waals surface area contributed by atoms with Crippen LogP contribution in [0.3, 0.4) is 0 Å². The highest BCUT2D eigenvalue weighted by Crippen LogP contribution is 2.19. The van der Waals surface area contributed by atoms with E-state index >= 15 is 0 Å². The molecule has 1 atom stereocenters. The summed E-state index contributed by atoms with van der Waals surface area (Å²) in [6.45, 7) is 10.2. The maximum Gasteiger partial charge on any atom is 0.236 e. The van der Waals surface area contributed by atoms with E-state index in [0.29, 0.717) is 38.8 Å². The van der Waals surface area contributed by atoms with Crippen LogP contribution in [0.1, 0.15) is 31.4 Å². The molecule has 138 valence electrons. The van der Waals surface area contributed by atoms with Crippen molar-refractivity contribution in [3.63, 3.8) is 0 Å². The lowest BCUT2D eigenvalue weighted by Crippen LogP contribution is -2.52. The molecule has 0 saturated carbocycles. The second-order valence-electron chi connectivity index (χ2n) is 7.04. The quantitative estimate of drug-likeness (QED) is 0.769. The van der Waals surface area contributed by atoms with Crippen molar-refractivity contribution in [2.75, 3.05) is 39.3 Å². The highest BCUT2D eigenvalue weighted by molar-refractivity contribution is 5.79. The predicted molar refractivity (Wildman–Crippen MR) is 92.9 cm³/mol. The number of rotatable bonds is 4. The summed E-state index contributed by atoms with van der Waals surface area (Å²) in [6, 6.07) is 0.335. The van der Waals surface area contributed by atoms with Gasteiger partial charge in [-0.25, -0.2) is 9.67 Å². The number of carbonyl (C=O) groups excluding carboxylic acids is 2. The van der Waals surface area contributed by atoms with Gasteiger partial charge in [0.05, 0.1) is 13.1 Å². The molecular weight excluding hydrogens is 320 g/mol.